The van der Waals surface area contributed by atoms with E-state index in [1.807, 2.05) is 12.1 Å². The van der Waals surface area contributed by atoms with Gasteiger partial charge in [0.2, 0.25) is 0 Å². The van der Waals surface area contributed by atoms with Crippen molar-refractivity contribution in [1.82, 2.24) is 5.43 Å². The molecule has 0 heterocycles. The summed E-state index contributed by atoms with van der Waals surface area (Å²) in [6.07, 6.45) is 5.29. The predicted molar refractivity (Wildman–Crippen MR) is 72.6 cm³/mol. The normalized spacial score (nSPS) is 10.6. The van der Waals surface area contributed by atoms with Gasteiger partial charge in [0, 0.05) is 0 Å². The number of benzene rings is 1. The summed E-state index contributed by atoms with van der Waals surface area (Å²) in [4.78, 5) is 0. The molecule has 0 fully saturated rings. The molecule has 0 aliphatic carbocycles. The van der Waals surface area contributed by atoms with Crippen molar-refractivity contribution in [3.63, 3.8) is 0 Å². The van der Waals surface area contributed by atoms with E-state index in [1.54, 1.807) is 6.21 Å². The van der Waals surface area contributed by atoms with Gasteiger partial charge in [-0.3, -0.25) is 5.43 Å². The molecule has 0 aliphatic heterocycles. The molecule has 16 heavy (non-hydrogen) atoms. The molecule has 3 N–H and O–H groups in total. The van der Waals surface area contributed by atoms with Gasteiger partial charge in [0.25, 0.3) is 0 Å². The van der Waals surface area contributed by atoms with Crippen LogP contribution in [0.5, 0.6) is 0 Å². The van der Waals surface area contributed by atoms with Crippen molar-refractivity contribution in [3.05, 3.63) is 35.4 Å². The second kappa shape index (κ2) is 6.95. The lowest BCUT2D eigenvalue weighted by Gasteiger charge is -2.00. The maximum Gasteiger partial charge on any atom is 0.184 e. The predicted octanol–water partition coefficient (Wildman–Crippen LogP) is 2.20. The highest BCUT2D eigenvalue weighted by Crippen LogP contribution is 2.06. The summed E-state index contributed by atoms with van der Waals surface area (Å²) < 4.78 is 0. The Morgan fingerprint density at radius 1 is 1.44 bits per heavy atom. The second-order valence-electron chi connectivity index (χ2n) is 3.58. The Morgan fingerprint density at radius 2 is 2.12 bits per heavy atom. The van der Waals surface area contributed by atoms with Crippen molar-refractivity contribution in [3.8, 4) is 0 Å². The van der Waals surface area contributed by atoms with Crippen LogP contribution in [0.4, 0.5) is 0 Å². The first-order chi connectivity index (χ1) is 7.72. The highest BCUT2D eigenvalue weighted by atomic mass is 32.1. The third kappa shape index (κ3) is 4.89. The van der Waals surface area contributed by atoms with Gasteiger partial charge in [-0.1, -0.05) is 37.6 Å². The number of nitrogens with two attached hydrogens (primary N) is 1. The van der Waals surface area contributed by atoms with Gasteiger partial charge < -0.3 is 5.73 Å². The van der Waals surface area contributed by atoms with Gasteiger partial charge in [0.15, 0.2) is 5.11 Å². The van der Waals surface area contributed by atoms with Crippen molar-refractivity contribution in [2.75, 3.05) is 0 Å². The van der Waals surface area contributed by atoms with Crippen LogP contribution in [-0.4, -0.2) is 11.3 Å². The van der Waals surface area contributed by atoms with Crippen molar-refractivity contribution in [1.29, 1.82) is 0 Å². The standard InChI is InChI=1S/C12H17N3S/c1-2-3-4-10-5-7-11(8-6-10)9-14-15-12(13)16/h5-9H,2-4H2,1H3,(H3,13,15,16). The van der Waals surface area contributed by atoms with E-state index in [4.69, 9.17) is 5.73 Å². The van der Waals surface area contributed by atoms with Crippen LogP contribution in [0.2, 0.25) is 0 Å². The van der Waals surface area contributed by atoms with Crippen molar-refractivity contribution in [2.24, 2.45) is 10.8 Å². The Morgan fingerprint density at radius 3 is 2.69 bits per heavy atom. The number of hydrazone groups is 1. The summed E-state index contributed by atoms with van der Waals surface area (Å²) in [5.74, 6) is 0. The molecular formula is C12H17N3S. The van der Waals surface area contributed by atoms with Crippen LogP contribution in [0, 0.1) is 0 Å². The molecule has 0 radical (unpaired) electrons. The molecule has 1 aromatic carbocycles. The smallest absolute Gasteiger partial charge is 0.184 e. The average molecular weight is 235 g/mol. The van der Waals surface area contributed by atoms with Gasteiger partial charge >= 0.3 is 0 Å². The monoisotopic (exact) mass is 235 g/mol. The molecule has 0 saturated heterocycles. The Balaban J connectivity index is 2.50. The molecule has 0 aliphatic rings. The van der Waals surface area contributed by atoms with Crippen LogP contribution in [-0.2, 0) is 6.42 Å². The summed E-state index contributed by atoms with van der Waals surface area (Å²) in [5, 5.41) is 4.07. The van der Waals surface area contributed by atoms with E-state index >= 15 is 0 Å². The number of thiocarbonyl (C=S) groups is 1. The highest BCUT2D eigenvalue weighted by Gasteiger charge is 1.92. The fourth-order valence-corrected chi connectivity index (χ4v) is 1.37. The molecule has 0 bridgehead atoms. The highest BCUT2D eigenvalue weighted by molar-refractivity contribution is 7.80. The van der Waals surface area contributed by atoms with Crippen molar-refractivity contribution in [2.45, 2.75) is 26.2 Å². The van der Waals surface area contributed by atoms with E-state index in [2.05, 4.69) is 41.8 Å². The summed E-state index contributed by atoms with van der Waals surface area (Å²) in [5.41, 5.74) is 10.2. The average Bonchev–Trinajstić information content (AvgIpc) is 2.27. The third-order valence-corrected chi connectivity index (χ3v) is 2.28. The molecule has 0 amide bonds. The number of hydrogen-bond acceptors (Lipinski definition) is 2. The Hall–Kier alpha value is -1.42. The number of aryl methyl sites for hydroxylation is 1. The fraction of sp³-hybridized carbons (Fsp3) is 0.333. The first-order valence-electron chi connectivity index (χ1n) is 5.40. The van der Waals surface area contributed by atoms with Crippen LogP contribution in [0.3, 0.4) is 0 Å². The number of rotatable bonds is 5. The van der Waals surface area contributed by atoms with E-state index in [1.165, 1.54) is 18.4 Å². The van der Waals surface area contributed by atoms with E-state index in [0.29, 0.717) is 0 Å². The lowest BCUT2D eigenvalue weighted by molar-refractivity contribution is 0.795. The van der Waals surface area contributed by atoms with E-state index < -0.39 is 0 Å². The Kier molecular flexibility index (Phi) is 5.50. The van der Waals surface area contributed by atoms with Crippen LogP contribution in [0.1, 0.15) is 30.9 Å². The van der Waals surface area contributed by atoms with Crippen LogP contribution in [0.15, 0.2) is 29.4 Å². The van der Waals surface area contributed by atoms with Gasteiger partial charge in [-0.05, 0) is 36.2 Å². The minimum Gasteiger partial charge on any atom is -0.375 e. The van der Waals surface area contributed by atoms with Gasteiger partial charge in [-0.25, -0.2) is 0 Å². The third-order valence-electron chi connectivity index (χ3n) is 2.19. The minimum atomic E-state index is 0.177. The second-order valence-corrected chi connectivity index (χ2v) is 4.02. The van der Waals surface area contributed by atoms with Crippen LogP contribution < -0.4 is 11.2 Å². The topological polar surface area (TPSA) is 50.4 Å². The van der Waals surface area contributed by atoms with Crippen LogP contribution >= 0.6 is 12.2 Å². The molecule has 0 aromatic heterocycles. The zero-order valence-corrected chi connectivity index (χ0v) is 10.3. The minimum absolute atomic E-state index is 0.177. The number of nitrogens with one attached hydrogen (secondary N) is 1. The number of unbranched alkanes of at least 4 members (excludes halogenated alkanes) is 1. The van der Waals surface area contributed by atoms with E-state index in [0.717, 1.165) is 12.0 Å². The summed E-state index contributed by atoms with van der Waals surface area (Å²) in [6, 6.07) is 8.32. The summed E-state index contributed by atoms with van der Waals surface area (Å²) in [7, 11) is 0. The maximum atomic E-state index is 5.24. The zero-order valence-electron chi connectivity index (χ0n) is 9.44. The summed E-state index contributed by atoms with van der Waals surface area (Å²) in [6.45, 7) is 2.20. The number of nitrogens with zero attached hydrogens (tertiary/aromatic N) is 1. The quantitative estimate of drug-likeness (QED) is 0.467. The fourth-order valence-electron chi connectivity index (χ4n) is 1.32. The SMILES string of the molecule is CCCCc1ccc(C=NNC(N)=S)cc1. The molecule has 1 rings (SSSR count). The lowest BCUT2D eigenvalue weighted by Crippen LogP contribution is -2.23. The molecule has 0 unspecified atom stereocenters. The van der Waals surface area contributed by atoms with Crippen LogP contribution in [0.25, 0.3) is 0 Å². The van der Waals surface area contributed by atoms with Crippen molar-refractivity contribution < 1.29 is 0 Å². The zero-order chi connectivity index (χ0) is 11.8. The molecule has 86 valence electrons. The Labute approximate surface area is 102 Å². The number of hydrogen-bond donors (Lipinski definition) is 2. The lowest BCUT2D eigenvalue weighted by atomic mass is 10.1. The van der Waals surface area contributed by atoms with Crippen molar-refractivity contribution >= 4 is 23.5 Å². The van der Waals surface area contributed by atoms with Gasteiger partial charge in [-0.15, -0.1) is 0 Å². The maximum absolute atomic E-state index is 5.24. The van der Waals surface area contributed by atoms with E-state index in [-0.39, 0.29) is 5.11 Å². The largest absolute Gasteiger partial charge is 0.375 e. The summed E-state index contributed by atoms with van der Waals surface area (Å²) >= 11 is 4.63. The van der Waals surface area contributed by atoms with Gasteiger partial charge in [0.1, 0.15) is 0 Å². The Bertz CT molecular complexity index is 357. The molecule has 0 saturated carbocycles. The molecule has 4 heteroatoms. The first kappa shape index (κ1) is 12.6. The van der Waals surface area contributed by atoms with E-state index in [9.17, 15) is 0 Å². The molecule has 1 aromatic rings. The van der Waals surface area contributed by atoms with Gasteiger partial charge in [0.05, 0.1) is 6.21 Å². The molecular weight excluding hydrogens is 218 g/mol. The molecule has 0 atom stereocenters. The molecule has 3 nitrogen and oxygen atoms in total. The molecule has 0 spiro atoms. The first-order valence-corrected chi connectivity index (χ1v) is 5.80. The van der Waals surface area contributed by atoms with Gasteiger partial charge in [-0.2, -0.15) is 5.10 Å².